The Bertz CT molecular complexity index is 1180. The predicted molar refractivity (Wildman–Crippen MR) is 142 cm³/mol. The Labute approximate surface area is 211 Å². The molecule has 6 rings (SSSR count). The molecule has 0 radical (unpaired) electrons. The van der Waals surface area contributed by atoms with Crippen molar-refractivity contribution in [2.75, 3.05) is 13.1 Å². The molecule has 2 saturated heterocycles. The average molecular weight is 491 g/mol. The van der Waals surface area contributed by atoms with Gasteiger partial charge in [0, 0.05) is 41.8 Å². The first-order chi connectivity index (χ1) is 17.2. The van der Waals surface area contributed by atoms with E-state index in [9.17, 15) is 9.59 Å². The summed E-state index contributed by atoms with van der Waals surface area (Å²) in [6.07, 6.45) is 15.5. The summed E-state index contributed by atoms with van der Waals surface area (Å²) in [5, 5.41) is 1.99. The van der Waals surface area contributed by atoms with Gasteiger partial charge in [0.05, 0.1) is 10.9 Å². The number of likely N-dealkylation sites (tertiary alicyclic amines) is 1. The molecule has 0 N–H and O–H groups in total. The zero-order chi connectivity index (χ0) is 23.8. The lowest BCUT2D eigenvalue weighted by molar-refractivity contribution is -0.130. The van der Waals surface area contributed by atoms with E-state index in [1.165, 1.54) is 25.7 Å². The summed E-state index contributed by atoms with van der Waals surface area (Å²) in [7, 11) is 0. The summed E-state index contributed by atoms with van der Waals surface area (Å²) in [6.45, 7) is 2.06. The van der Waals surface area contributed by atoms with E-state index < -0.39 is 0 Å². The van der Waals surface area contributed by atoms with Gasteiger partial charge in [0.25, 0.3) is 5.91 Å². The van der Waals surface area contributed by atoms with Crippen LogP contribution in [0.4, 0.5) is 0 Å². The number of aromatic nitrogens is 1. The number of thioether (sulfide) groups is 1. The number of fused-ring (bicyclic) bond motifs is 1. The van der Waals surface area contributed by atoms with Gasteiger partial charge in [-0.1, -0.05) is 43.9 Å². The Morgan fingerprint density at radius 3 is 2.49 bits per heavy atom. The topological polar surface area (TPSA) is 57.9 Å². The van der Waals surface area contributed by atoms with Crippen molar-refractivity contribution in [1.29, 1.82) is 0 Å². The fourth-order valence-corrected chi connectivity index (χ4v) is 7.23. The Kier molecular flexibility index (Phi) is 6.44. The van der Waals surface area contributed by atoms with E-state index in [0.29, 0.717) is 12.6 Å². The van der Waals surface area contributed by atoms with Crippen molar-refractivity contribution in [3.8, 4) is 0 Å². The highest BCUT2D eigenvalue weighted by Crippen LogP contribution is 2.39. The van der Waals surface area contributed by atoms with Gasteiger partial charge in [-0.3, -0.25) is 19.5 Å². The highest BCUT2D eigenvalue weighted by molar-refractivity contribution is 8.18. The molecule has 1 aromatic carbocycles. The summed E-state index contributed by atoms with van der Waals surface area (Å²) in [4.78, 5) is 36.3. The summed E-state index contributed by atoms with van der Waals surface area (Å²) in [6, 6.07) is 8.83. The molecule has 7 heteroatoms. The second kappa shape index (κ2) is 9.84. The first kappa shape index (κ1) is 22.9. The van der Waals surface area contributed by atoms with Crippen molar-refractivity contribution >= 4 is 45.7 Å². The maximum Gasteiger partial charge on any atom is 0.267 e. The maximum atomic E-state index is 13.7. The number of para-hydroxylation sites is 1. The second-order valence-electron chi connectivity index (χ2n) is 10.4. The van der Waals surface area contributed by atoms with Crippen LogP contribution >= 0.6 is 11.8 Å². The number of aliphatic imine (C=N–C) groups is 1. The number of benzene rings is 1. The zero-order valence-electron chi connectivity index (χ0n) is 20.3. The number of hydrogen-bond acceptors (Lipinski definition) is 4. The Morgan fingerprint density at radius 1 is 1.00 bits per heavy atom. The molecule has 6 nitrogen and oxygen atoms in total. The molecule has 184 valence electrons. The molecular weight excluding hydrogens is 456 g/mol. The van der Waals surface area contributed by atoms with Crippen molar-refractivity contribution in [2.45, 2.75) is 82.8 Å². The van der Waals surface area contributed by atoms with Gasteiger partial charge in [0.15, 0.2) is 5.17 Å². The molecule has 4 fully saturated rings. The van der Waals surface area contributed by atoms with Crippen LogP contribution in [-0.2, 0) is 16.1 Å². The number of amides is 2. The highest BCUT2D eigenvalue weighted by atomic mass is 32.2. The average Bonchev–Trinajstić information content (AvgIpc) is 3.69. The third-order valence-corrected chi connectivity index (χ3v) is 9.01. The lowest BCUT2D eigenvalue weighted by Crippen LogP contribution is -2.38. The van der Waals surface area contributed by atoms with Crippen molar-refractivity contribution in [3.05, 3.63) is 40.9 Å². The van der Waals surface area contributed by atoms with E-state index in [1.807, 2.05) is 34.2 Å². The maximum absolute atomic E-state index is 13.7. The van der Waals surface area contributed by atoms with Gasteiger partial charge in [0.2, 0.25) is 5.91 Å². The molecule has 0 unspecified atom stereocenters. The first-order valence-electron chi connectivity index (χ1n) is 13.3. The first-order valence-corrected chi connectivity index (χ1v) is 14.2. The SMILES string of the molecule is O=C(Cn1cc(/C=C2/SC(=NC3CCCC3)N(C3CCCC3)C2=O)c2ccccc21)N1CCCC1. The summed E-state index contributed by atoms with van der Waals surface area (Å²) in [5.41, 5.74) is 2.04. The Morgan fingerprint density at radius 2 is 1.71 bits per heavy atom. The molecule has 0 bridgehead atoms. The molecule has 2 aliphatic heterocycles. The van der Waals surface area contributed by atoms with Gasteiger partial charge in [0.1, 0.15) is 6.54 Å². The third kappa shape index (κ3) is 4.55. The van der Waals surface area contributed by atoms with Crippen molar-refractivity contribution in [2.24, 2.45) is 4.99 Å². The number of hydrogen-bond donors (Lipinski definition) is 0. The third-order valence-electron chi connectivity index (χ3n) is 8.01. The number of nitrogens with zero attached hydrogens (tertiary/aromatic N) is 4. The summed E-state index contributed by atoms with van der Waals surface area (Å²) >= 11 is 1.55. The monoisotopic (exact) mass is 490 g/mol. The van der Waals surface area contributed by atoms with Gasteiger partial charge in [-0.05, 0) is 62.4 Å². The van der Waals surface area contributed by atoms with E-state index >= 15 is 0 Å². The predicted octanol–water partition coefficient (Wildman–Crippen LogP) is 5.42. The van der Waals surface area contributed by atoms with Gasteiger partial charge in [-0.15, -0.1) is 0 Å². The van der Waals surface area contributed by atoms with Gasteiger partial charge in [-0.2, -0.15) is 0 Å². The van der Waals surface area contributed by atoms with E-state index in [-0.39, 0.29) is 17.9 Å². The van der Waals surface area contributed by atoms with E-state index in [1.54, 1.807) is 11.8 Å². The molecule has 2 aromatic rings. The van der Waals surface area contributed by atoms with Crippen molar-refractivity contribution < 1.29 is 9.59 Å². The number of carbonyl (C=O) groups excluding carboxylic acids is 2. The van der Waals surface area contributed by atoms with E-state index in [0.717, 1.165) is 78.2 Å². The largest absolute Gasteiger partial charge is 0.341 e. The highest BCUT2D eigenvalue weighted by Gasteiger charge is 2.40. The van der Waals surface area contributed by atoms with Crippen molar-refractivity contribution in [3.63, 3.8) is 0 Å². The quantitative estimate of drug-likeness (QED) is 0.526. The van der Waals surface area contributed by atoms with Crippen LogP contribution in [0.15, 0.2) is 40.4 Å². The van der Waals surface area contributed by atoms with Crippen LogP contribution in [0.3, 0.4) is 0 Å². The van der Waals surface area contributed by atoms with Crippen LogP contribution in [0.25, 0.3) is 17.0 Å². The molecule has 1 aromatic heterocycles. The fourth-order valence-electron chi connectivity index (χ4n) is 6.13. The van der Waals surface area contributed by atoms with Crippen LogP contribution in [-0.4, -0.2) is 56.5 Å². The minimum absolute atomic E-state index is 0.101. The van der Waals surface area contributed by atoms with Crippen LogP contribution in [0.5, 0.6) is 0 Å². The molecule has 35 heavy (non-hydrogen) atoms. The van der Waals surface area contributed by atoms with E-state index in [2.05, 4.69) is 16.7 Å². The number of rotatable bonds is 5. The van der Waals surface area contributed by atoms with Gasteiger partial charge < -0.3 is 9.47 Å². The Balaban J connectivity index is 1.32. The molecule has 2 aliphatic carbocycles. The summed E-state index contributed by atoms with van der Waals surface area (Å²) < 4.78 is 2.05. The summed E-state index contributed by atoms with van der Waals surface area (Å²) in [5.74, 6) is 0.274. The molecule has 4 aliphatic rings. The standard InChI is InChI=1S/C28H34N4O2S/c33-26(30-15-7-8-16-30)19-31-18-20(23-13-5-6-14-24(23)31)17-25-27(34)32(22-11-3-4-12-22)28(35-25)29-21-9-1-2-10-21/h5-6,13-14,17-18,21-22H,1-4,7-12,15-16,19H2/b25-17+,29-28?. The lowest BCUT2D eigenvalue weighted by atomic mass is 10.1. The van der Waals surface area contributed by atoms with E-state index in [4.69, 9.17) is 4.99 Å². The molecule has 2 saturated carbocycles. The number of carbonyl (C=O) groups is 2. The van der Waals surface area contributed by atoms with Gasteiger partial charge >= 0.3 is 0 Å². The Hall–Kier alpha value is -2.54. The molecular formula is C28H34N4O2S. The van der Waals surface area contributed by atoms with Crippen LogP contribution in [0, 0.1) is 0 Å². The molecule has 0 atom stereocenters. The molecule has 0 spiro atoms. The fraction of sp³-hybridized carbons (Fsp3) is 0.536. The van der Waals surface area contributed by atoms with Crippen LogP contribution in [0.2, 0.25) is 0 Å². The number of amidine groups is 1. The minimum Gasteiger partial charge on any atom is -0.341 e. The second-order valence-corrected chi connectivity index (χ2v) is 11.4. The molecule has 3 heterocycles. The minimum atomic E-state index is 0.101. The smallest absolute Gasteiger partial charge is 0.267 e. The van der Waals surface area contributed by atoms with Crippen molar-refractivity contribution in [1.82, 2.24) is 14.4 Å². The lowest BCUT2D eigenvalue weighted by Gasteiger charge is -2.23. The zero-order valence-corrected chi connectivity index (χ0v) is 21.1. The van der Waals surface area contributed by atoms with Crippen LogP contribution < -0.4 is 0 Å². The van der Waals surface area contributed by atoms with Gasteiger partial charge in [-0.25, -0.2) is 0 Å². The normalized spacial score (nSPS) is 24.3. The van der Waals surface area contributed by atoms with Crippen LogP contribution in [0.1, 0.15) is 69.8 Å². The molecule has 2 amide bonds.